The molecule has 2 heterocycles. The number of benzene rings is 1. The van der Waals surface area contributed by atoms with Crippen LogP contribution in [-0.4, -0.2) is 108 Å². The van der Waals surface area contributed by atoms with Crippen molar-refractivity contribution >= 4 is 11.8 Å². The molecule has 2 aliphatic carbocycles. The summed E-state index contributed by atoms with van der Waals surface area (Å²) in [6.07, 6.45) is 8.30. The molecule has 13 nitrogen and oxygen atoms in total. The maximum Gasteiger partial charge on any atom is 0.410 e. The maximum absolute atomic E-state index is 14.0. The highest BCUT2D eigenvalue weighted by Crippen LogP contribution is 2.62. The number of fused-ring (bicyclic) bond motifs is 2. The summed E-state index contributed by atoms with van der Waals surface area (Å²) in [5.41, 5.74) is 4.32. The van der Waals surface area contributed by atoms with Crippen molar-refractivity contribution in [1.82, 2.24) is 9.88 Å². The zero-order valence-corrected chi connectivity index (χ0v) is 33.3. The highest BCUT2D eigenvalue weighted by atomic mass is 16.7. The molecule has 6 atom stereocenters. The van der Waals surface area contributed by atoms with Crippen LogP contribution in [0, 0.1) is 24.7 Å². The number of hydrogen-bond donors (Lipinski definition) is 3. The predicted molar refractivity (Wildman–Crippen MR) is 212 cm³/mol. The Morgan fingerprint density at radius 1 is 1.05 bits per heavy atom. The summed E-state index contributed by atoms with van der Waals surface area (Å²) in [4.78, 5) is 26.1. The van der Waals surface area contributed by atoms with Gasteiger partial charge in [0.05, 0.1) is 50.4 Å². The monoisotopic (exact) mass is 779 g/mol. The molecule has 0 saturated heterocycles. The largest absolute Gasteiger partial charge is 0.487 e. The number of rotatable bonds is 23. The molecule has 3 N–H and O–H groups in total. The fourth-order valence-electron chi connectivity index (χ4n) is 8.63. The van der Waals surface area contributed by atoms with Gasteiger partial charge in [-0.25, -0.2) is 4.79 Å². The summed E-state index contributed by atoms with van der Waals surface area (Å²) in [5.74, 6) is -0.649. The Labute approximate surface area is 331 Å². The van der Waals surface area contributed by atoms with Crippen LogP contribution in [-0.2, 0) is 25.7 Å². The fourth-order valence-corrected chi connectivity index (χ4v) is 8.63. The number of unbranched alkanes of at least 4 members (excludes halogenated alkanes) is 2. The topological polar surface area (TPSA) is 162 Å². The van der Waals surface area contributed by atoms with Crippen molar-refractivity contribution in [2.45, 2.75) is 90.1 Å². The Morgan fingerprint density at radius 3 is 2.57 bits per heavy atom. The lowest BCUT2D eigenvalue weighted by molar-refractivity contribution is -0.256. The highest BCUT2D eigenvalue weighted by Gasteiger charge is 2.65. The summed E-state index contributed by atoms with van der Waals surface area (Å²) in [7, 11) is 0. The predicted octanol–water partition coefficient (Wildman–Crippen LogP) is 6.09. The van der Waals surface area contributed by atoms with Crippen molar-refractivity contribution in [2.24, 2.45) is 22.9 Å². The number of aryl methyl sites for hydroxylation is 1. The molecule has 1 amide bonds. The van der Waals surface area contributed by atoms with E-state index in [2.05, 4.69) is 23.7 Å². The number of pyridine rings is 1. The van der Waals surface area contributed by atoms with E-state index in [4.69, 9.17) is 33.7 Å². The van der Waals surface area contributed by atoms with E-state index in [9.17, 15) is 20.1 Å². The first kappa shape index (κ1) is 43.1. The molecule has 0 radical (unpaired) electrons. The summed E-state index contributed by atoms with van der Waals surface area (Å²) in [6.45, 7) is 11.0. The number of carbonyl (C=O) groups is 1. The van der Waals surface area contributed by atoms with E-state index in [0.29, 0.717) is 36.7 Å². The molecule has 56 heavy (non-hydrogen) atoms. The van der Waals surface area contributed by atoms with E-state index in [-0.39, 0.29) is 83.6 Å². The van der Waals surface area contributed by atoms with E-state index in [1.165, 1.54) is 0 Å². The van der Waals surface area contributed by atoms with Crippen LogP contribution in [0.2, 0.25) is 0 Å². The van der Waals surface area contributed by atoms with Crippen molar-refractivity contribution in [1.29, 1.82) is 0 Å². The molecule has 0 unspecified atom stereocenters. The summed E-state index contributed by atoms with van der Waals surface area (Å²) >= 11 is 0. The first-order valence-corrected chi connectivity index (χ1v) is 20.2. The van der Waals surface area contributed by atoms with Gasteiger partial charge in [0, 0.05) is 43.4 Å². The number of carbonyl (C=O) groups excluding carboxylic acids is 1. The number of hydrogen-bond acceptors (Lipinski definition) is 12. The molecular weight excluding hydrogens is 718 g/mol. The van der Waals surface area contributed by atoms with Crippen LogP contribution in [0.3, 0.4) is 0 Å². The van der Waals surface area contributed by atoms with Crippen LogP contribution >= 0.6 is 0 Å². The third-order valence-corrected chi connectivity index (χ3v) is 10.9. The zero-order valence-electron chi connectivity index (χ0n) is 33.3. The highest BCUT2D eigenvalue weighted by molar-refractivity contribution is 6.03. The molecule has 13 heteroatoms. The molecule has 1 aromatic heterocycles. The second-order valence-corrected chi connectivity index (χ2v) is 14.5. The number of amides is 1. The Kier molecular flexibility index (Phi) is 16.6. The van der Waals surface area contributed by atoms with Gasteiger partial charge >= 0.3 is 6.09 Å². The Morgan fingerprint density at radius 2 is 1.86 bits per heavy atom. The van der Waals surface area contributed by atoms with Crippen molar-refractivity contribution in [3.05, 3.63) is 77.7 Å². The molecule has 1 saturated carbocycles. The van der Waals surface area contributed by atoms with Crippen molar-refractivity contribution in [3.63, 3.8) is 0 Å². The lowest BCUT2D eigenvalue weighted by atomic mass is 9.55. The lowest BCUT2D eigenvalue weighted by Crippen LogP contribution is -2.70. The van der Waals surface area contributed by atoms with Crippen LogP contribution in [0.25, 0.3) is 0 Å². The standard InChI is InChI=1S/C43H61N3O10/c1-5-23-54-43-39(46(42(50)52-6-2)19-24-51-25-22-49)28-37(45-55-7-3)35-26-31(14-8-10-20-47)34(16-9-11-21-48)40(41(35)43)36-27-33(17-18-38(36)56-43)53-29-32-15-12-13-30(4)44-32/h5,12-13,15,17-18,26-27,31,34,39-41,47-49H,1,6-11,14,16,19-25,28-29H2,2-4H3/t31-,34+,39-,40+,41+,43+/m0/s1. The summed E-state index contributed by atoms with van der Waals surface area (Å²) < 4.78 is 31.9. The van der Waals surface area contributed by atoms with Gasteiger partial charge in [0.2, 0.25) is 5.79 Å². The van der Waals surface area contributed by atoms with Crippen molar-refractivity contribution in [2.75, 3.05) is 59.4 Å². The smallest absolute Gasteiger partial charge is 0.410 e. The first-order chi connectivity index (χ1) is 27.3. The van der Waals surface area contributed by atoms with E-state index in [0.717, 1.165) is 48.2 Å². The van der Waals surface area contributed by atoms with Crippen LogP contribution < -0.4 is 9.47 Å². The fraction of sp³-hybridized carbons (Fsp3) is 0.605. The second kappa shape index (κ2) is 21.5. The van der Waals surface area contributed by atoms with Gasteiger partial charge in [0.25, 0.3) is 0 Å². The zero-order chi connectivity index (χ0) is 39.9. The normalized spacial score (nSPS) is 24.4. The second-order valence-electron chi connectivity index (χ2n) is 14.5. The molecule has 308 valence electrons. The Bertz CT molecular complexity index is 1630. The van der Waals surface area contributed by atoms with E-state index < -0.39 is 23.8 Å². The van der Waals surface area contributed by atoms with Gasteiger partial charge in [0.15, 0.2) is 0 Å². The number of nitrogens with zero attached hydrogens (tertiary/aromatic N) is 3. The van der Waals surface area contributed by atoms with Gasteiger partial charge < -0.3 is 43.8 Å². The van der Waals surface area contributed by atoms with Crippen LogP contribution in [0.15, 0.2) is 65.9 Å². The minimum Gasteiger partial charge on any atom is -0.487 e. The molecular formula is C43H61N3O10. The SMILES string of the molecule is C=CCO[C@@]12Oc3ccc(OCc4cccc(C)n4)cc3[C@H]3[C@H](CCCCO)[C@@H](CCCCO)C=C(C(=NOCC)C[C@@H]1N(CCOCCO)C(=O)OCC)[C@H]32. The molecule has 0 spiro atoms. The third-order valence-electron chi connectivity index (χ3n) is 10.9. The quantitative estimate of drug-likeness (QED) is 0.0680. The average molecular weight is 780 g/mol. The Hall–Kier alpha value is -4.01. The number of aromatic nitrogens is 1. The first-order valence-electron chi connectivity index (χ1n) is 20.2. The minimum atomic E-state index is -1.42. The van der Waals surface area contributed by atoms with Crippen LogP contribution in [0.4, 0.5) is 4.79 Å². The Balaban J connectivity index is 1.73. The van der Waals surface area contributed by atoms with Gasteiger partial charge in [-0.2, -0.15) is 0 Å². The molecule has 3 aliphatic rings. The van der Waals surface area contributed by atoms with Crippen LogP contribution in [0.1, 0.15) is 81.7 Å². The van der Waals surface area contributed by atoms with Gasteiger partial charge in [0.1, 0.15) is 30.8 Å². The van der Waals surface area contributed by atoms with E-state index in [1.54, 1.807) is 17.9 Å². The van der Waals surface area contributed by atoms with Gasteiger partial charge in [-0.05, 0) is 94.2 Å². The molecule has 0 bridgehead atoms. The molecule has 1 aromatic carbocycles. The number of aliphatic hydroxyl groups excluding tert-OH is 3. The van der Waals surface area contributed by atoms with Crippen molar-refractivity contribution < 1.29 is 48.6 Å². The van der Waals surface area contributed by atoms with E-state index in [1.807, 2.05) is 44.2 Å². The number of allylic oxidation sites excluding steroid dienone is 1. The maximum atomic E-state index is 14.0. The van der Waals surface area contributed by atoms with Gasteiger partial charge in [-0.1, -0.05) is 36.2 Å². The lowest BCUT2D eigenvalue weighted by Gasteiger charge is -2.59. The van der Waals surface area contributed by atoms with Crippen LogP contribution in [0.5, 0.6) is 11.5 Å². The van der Waals surface area contributed by atoms with E-state index >= 15 is 0 Å². The summed E-state index contributed by atoms with van der Waals surface area (Å²) in [5, 5.41) is 33.8. The molecule has 5 rings (SSSR count). The van der Waals surface area contributed by atoms with Crippen molar-refractivity contribution in [3.8, 4) is 11.5 Å². The number of ether oxygens (including phenoxy) is 5. The van der Waals surface area contributed by atoms with Gasteiger partial charge in [-0.15, -0.1) is 6.58 Å². The third kappa shape index (κ3) is 10.1. The minimum absolute atomic E-state index is 0.0630. The summed E-state index contributed by atoms with van der Waals surface area (Å²) in [6, 6.07) is 11.0. The number of oxime groups is 1. The van der Waals surface area contributed by atoms with Gasteiger partial charge in [-0.3, -0.25) is 9.88 Å². The average Bonchev–Trinajstić information content (AvgIpc) is 3.20. The number of aliphatic hydroxyl groups is 3. The molecule has 1 aliphatic heterocycles. The molecule has 1 fully saturated rings. The molecule has 2 aromatic rings.